The number of nitrogens with zero attached hydrogens (tertiary/aromatic N) is 3. The highest BCUT2D eigenvalue weighted by Gasteiger charge is 2.46. The molecule has 0 aromatic heterocycles. The minimum atomic E-state index is -0.451. The third-order valence-corrected chi connectivity index (χ3v) is 8.53. The lowest BCUT2D eigenvalue weighted by atomic mass is 10.0. The fourth-order valence-corrected chi connectivity index (χ4v) is 6.35. The van der Waals surface area contributed by atoms with Crippen LogP contribution in [-0.4, -0.2) is 58.4 Å². The van der Waals surface area contributed by atoms with Gasteiger partial charge in [0.1, 0.15) is 6.04 Å². The van der Waals surface area contributed by atoms with Gasteiger partial charge in [0.2, 0.25) is 5.91 Å². The maximum Gasteiger partial charge on any atom is 0.321 e. The highest BCUT2D eigenvalue weighted by molar-refractivity contribution is 5.89. The van der Waals surface area contributed by atoms with Crippen molar-refractivity contribution < 1.29 is 9.59 Å². The lowest BCUT2D eigenvalue weighted by Crippen LogP contribution is -2.49. The van der Waals surface area contributed by atoms with Crippen LogP contribution in [0, 0.1) is 0 Å². The summed E-state index contributed by atoms with van der Waals surface area (Å²) in [7, 11) is 0. The van der Waals surface area contributed by atoms with Crippen LogP contribution in [0.2, 0.25) is 0 Å². The van der Waals surface area contributed by atoms with Crippen LogP contribution in [0.5, 0.6) is 0 Å². The molecule has 2 aliphatic heterocycles. The van der Waals surface area contributed by atoms with E-state index in [0.717, 1.165) is 36.0 Å². The summed E-state index contributed by atoms with van der Waals surface area (Å²) in [6, 6.07) is 33.0. The minimum absolute atomic E-state index is 0.0270. The van der Waals surface area contributed by atoms with E-state index in [0.29, 0.717) is 39.1 Å². The SMILES string of the molecule is NCCCC[C@H]1C(=O)N(Cc2ccc3ccccc3c2)CC[C@@H]2CN(Cc3ccc(-c4ccccc4)cc3)C(=O)N21. The second-order valence-corrected chi connectivity index (χ2v) is 11.3. The molecule has 2 saturated heterocycles. The molecule has 0 saturated carbocycles. The number of hydrogen-bond donors (Lipinski definition) is 1. The number of fused-ring (bicyclic) bond motifs is 2. The van der Waals surface area contributed by atoms with Crippen LogP contribution in [-0.2, 0) is 17.9 Å². The number of benzene rings is 4. The van der Waals surface area contributed by atoms with Gasteiger partial charge in [-0.2, -0.15) is 0 Å². The number of carbonyl (C=O) groups is 2. The van der Waals surface area contributed by atoms with Crippen LogP contribution < -0.4 is 5.73 Å². The molecule has 210 valence electrons. The van der Waals surface area contributed by atoms with Crippen LogP contribution in [0.4, 0.5) is 4.79 Å². The minimum Gasteiger partial charge on any atom is -0.337 e. The van der Waals surface area contributed by atoms with Gasteiger partial charge in [0, 0.05) is 26.2 Å². The molecule has 6 nitrogen and oxygen atoms in total. The van der Waals surface area contributed by atoms with Gasteiger partial charge in [-0.25, -0.2) is 4.79 Å². The molecule has 0 radical (unpaired) electrons. The number of nitrogens with two attached hydrogens (primary N) is 1. The predicted molar refractivity (Wildman–Crippen MR) is 164 cm³/mol. The predicted octanol–water partition coefficient (Wildman–Crippen LogP) is 6.04. The molecule has 6 rings (SSSR count). The third kappa shape index (κ3) is 5.84. The highest BCUT2D eigenvalue weighted by Crippen LogP contribution is 2.31. The monoisotopic (exact) mass is 546 g/mol. The summed E-state index contributed by atoms with van der Waals surface area (Å²) in [6.07, 6.45) is 3.10. The fraction of sp³-hybridized carbons (Fsp3) is 0.314. The van der Waals surface area contributed by atoms with Gasteiger partial charge in [-0.15, -0.1) is 0 Å². The van der Waals surface area contributed by atoms with Crippen LogP contribution in [0.25, 0.3) is 21.9 Å². The Kier molecular flexibility index (Phi) is 8.01. The van der Waals surface area contributed by atoms with Gasteiger partial charge in [0.25, 0.3) is 0 Å². The summed E-state index contributed by atoms with van der Waals surface area (Å²) in [5.41, 5.74) is 10.3. The van der Waals surface area contributed by atoms with Crippen molar-refractivity contribution in [2.45, 2.75) is 50.9 Å². The van der Waals surface area contributed by atoms with E-state index in [4.69, 9.17) is 5.73 Å². The van der Waals surface area contributed by atoms with Crippen molar-refractivity contribution in [2.24, 2.45) is 5.73 Å². The topological polar surface area (TPSA) is 69.9 Å². The van der Waals surface area contributed by atoms with Crippen molar-refractivity contribution in [1.82, 2.24) is 14.7 Å². The molecule has 2 N–H and O–H groups in total. The first-order valence-electron chi connectivity index (χ1n) is 14.8. The number of hydrogen-bond acceptors (Lipinski definition) is 3. The van der Waals surface area contributed by atoms with Crippen LogP contribution in [0.3, 0.4) is 0 Å². The summed E-state index contributed by atoms with van der Waals surface area (Å²) < 4.78 is 0. The summed E-state index contributed by atoms with van der Waals surface area (Å²) in [5, 5.41) is 2.37. The van der Waals surface area contributed by atoms with Crippen molar-refractivity contribution in [3.63, 3.8) is 0 Å². The highest BCUT2D eigenvalue weighted by atomic mass is 16.2. The summed E-state index contributed by atoms with van der Waals surface area (Å²) in [4.78, 5) is 33.6. The zero-order valence-corrected chi connectivity index (χ0v) is 23.5. The van der Waals surface area contributed by atoms with Crippen molar-refractivity contribution >= 4 is 22.7 Å². The normalized spacial score (nSPS) is 19.1. The van der Waals surface area contributed by atoms with E-state index in [1.54, 1.807) is 0 Å². The summed E-state index contributed by atoms with van der Waals surface area (Å²) in [5.74, 6) is 0.0556. The second kappa shape index (κ2) is 12.1. The van der Waals surface area contributed by atoms with Gasteiger partial charge in [0.15, 0.2) is 0 Å². The Morgan fingerprint density at radius 2 is 1.39 bits per heavy atom. The van der Waals surface area contributed by atoms with Gasteiger partial charge < -0.3 is 20.4 Å². The molecule has 0 bridgehead atoms. The standard InChI is InChI=1S/C35H38N4O2/c36-20-7-6-12-33-34(40)37(24-27-15-18-29-10-4-5-11-31(29)22-27)21-19-32-25-38(35(41)39(32)33)23-26-13-16-30(17-14-26)28-8-2-1-3-9-28/h1-5,8-11,13-18,22,32-33H,6-7,12,19-21,23-25,36H2/t32-,33+/m1/s1. The second-order valence-electron chi connectivity index (χ2n) is 11.3. The van der Waals surface area contributed by atoms with Crippen molar-refractivity contribution in [3.05, 3.63) is 108 Å². The molecular formula is C35H38N4O2. The van der Waals surface area contributed by atoms with E-state index in [2.05, 4.69) is 66.7 Å². The lowest BCUT2D eigenvalue weighted by Gasteiger charge is -2.31. The number of amides is 3. The molecule has 0 aliphatic carbocycles. The number of rotatable bonds is 9. The van der Waals surface area contributed by atoms with Crippen molar-refractivity contribution in [1.29, 1.82) is 0 Å². The molecule has 2 fully saturated rings. The molecular weight excluding hydrogens is 508 g/mol. The van der Waals surface area contributed by atoms with Crippen LogP contribution >= 0.6 is 0 Å². The Balaban J connectivity index is 1.18. The van der Waals surface area contributed by atoms with E-state index in [9.17, 15) is 9.59 Å². The Morgan fingerprint density at radius 1 is 0.707 bits per heavy atom. The summed E-state index contributed by atoms with van der Waals surface area (Å²) >= 11 is 0. The third-order valence-electron chi connectivity index (χ3n) is 8.53. The zero-order valence-electron chi connectivity index (χ0n) is 23.5. The molecule has 2 atom stereocenters. The first-order valence-corrected chi connectivity index (χ1v) is 14.8. The Bertz CT molecular complexity index is 1500. The van der Waals surface area contributed by atoms with E-state index >= 15 is 0 Å². The average molecular weight is 547 g/mol. The fourth-order valence-electron chi connectivity index (χ4n) is 6.35. The van der Waals surface area contributed by atoms with Gasteiger partial charge in [-0.1, -0.05) is 91.0 Å². The maximum atomic E-state index is 14.0. The molecule has 6 heteroatoms. The number of urea groups is 1. The van der Waals surface area contributed by atoms with Crippen molar-refractivity contribution in [3.8, 4) is 11.1 Å². The summed E-state index contributed by atoms with van der Waals surface area (Å²) in [6.45, 7) is 2.98. The number of carbonyl (C=O) groups excluding carboxylic acids is 2. The number of unbranched alkanes of at least 4 members (excludes halogenated alkanes) is 1. The van der Waals surface area contributed by atoms with E-state index in [1.165, 1.54) is 16.3 Å². The Hall–Kier alpha value is -4.16. The lowest BCUT2D eigenvalue weighted by molar-refractivity contribution is -0.135. The van der Waals surface area contributed by atoms with Crippen LogP contribution in [0.15, 0.2) is 97.1 Å². The van der Waals surface area contributed by atoms with Crippen molar-refractivity contribution in [2.75, 3.05) is 19.6 Å². The first kappa shape index (κ1) is 27.0. The molecule has 2 heterocycles. The van der Waals surface area contributed by atoms with E-state index in [-0.39, 0.29) is 18.0 Å². The molecule has 0 spiro atoms. The maximum absolute atomic E-state index is 14.0. The van der Waals surface area contributed by atoms with Gasteiger partial charge in [0.05, 0.1) is 6.04 Å². The smallest absolute Gasteiger partial charge is 0.321 e. The Labute approximate surface area is 242 Å². The molecule has 41 heavy (non-hydrogen) atoms. The van der Waals surface area contributed by atoms with E-state index < -0.39 is 6.04 Å². The Morgan fingerprint density at radius 3 is 2.17 bits per heavy atom. The molecule has 4 aromatic rings. The molecule has 2 aliphatic rings. The molecule has 4 aromatic carbocycles. The van der Waals surface area contributed by atoms with Gasteiger partial charge >= 0.3 is 6.03 Å². The van der Waals surface area contributed by atoms with E-state index in [1.807, 2.05) is 45.0 Å². The quantitative estimate of drug-likeness (QED) is 0.260. The van der Waals surface area contributed by atoms with Gasteiger partial charge in [-0.3, -0.25) is 4.79 Å². The van der Waals surface area contributed by atoms with Crippen LogP contribution in [0.1, 0.15) is 36.8 Å². The van der Waals surface area contributed by atoms with Gasteiger partial charge in [-0.05, 0) is 71.3 Å². The largest absolute Gasteiger partial charge is 0.337 e. The molecule has 0 unspecified atom stereocenters. The zero-order chi connectivity index (χ0) is 28.2. The molecule has 3 amide bonds. The average Bonchev–Trinajstić information content (AvgIpc) is 3.25. The first-order chi connectivity index (χ1) is 20.1.